The van der Waals surface area contributed by atoms with Crippen LogP contribution in [0.25, 0.3) is 0 Å². The first-order valence-corrected chi connectivity index (χ1v) is 6.79. The molecule has 0 aromatic carbocycles. The maximum absolute atomic E-state index is 12.4. The van der Waals surface area contributed by atoms with Crippen LogP contribution in [0.2, 0.25) is 0 Å². The average Bonchev–Trinajstić information content (AvgIpc) is 2.51. The summed E-state index contributed by atoms with van der Waals surface area (Å²) in [4.78, 5) is 31.1. The third kappa shape index (κ3) is 3.48. The van der Waals surface area contributed by atoms with Gasteiger partial charge in [0.1, 0.15) is 0 Å². The first kappa shape index (κ1) is 17.3. The molecule has 1 fully saturated rings. The fourth-order valence-electron chi connectivity index (χ4n) is 2.90. The number of Topliss-reactive ketones (excluding diaryl/α,β-unsaturated/α-hetero) is 1. The van der Waals surface area contributed by atoms with Crippen molar-refractivity contribution in [1.29, 1.82) is 0 Å². The smallest absolute Gasteiger partial charge is 0.168 e. The standard InChI is InChI=1S/C14H22N4O3/c1-5-6-8(15-2)13(19)11-12(17-4)9(16-3)7-10(18-21)14(11)20/h5,8-13,17,19H,1-3,6-7H2,4H3/t8-,9?,10-,11?,12?,13-/m1/s1. The molecule has 0 aliphatic heterocycles. The highest BCUT2D eigenvalue weighted by Crippen LogP contribution is 2.31. The molecule has 21 heavy (non-hydrogen) atoms. The van der Waals surface area contributed by atoms with Gasteiger partial charge in [0.15, 0.2) is 11.8 Å². The topological polar surface area (TPSA) is 103 Å². The first-order valence-electron chi connectivity index (χ1n) is 6.79. The number of aliphatic hydroxyl groups excluding tert-OH is 1. The number of carbonyl (C=O) groups is 1. The molecule has 0 aromatic rings. The summed E-state index contributed by atoms with van der Waals surface area (Å²) in [6.07, 6.45) is 1.10. The van der Waals surface area contributed by atoms with Crippen molar-refractivity contribution >= 4 is 19.2 Å². The summed E-state index contributed by atoms with van der Waals surface area (Å²) < 4.78 is 0. The molecule has 0 aromatic heterocycles. The van der Waals surface area contributed by atoms with E-state index in [1.807, 2.05) is 0 Å². The molecule has 6 atom stereocenters. The van der Waals surface area contributed by atoms with Gasteiger partial charge in [-0.1, -0.05) is 11.3 Å². The maximum atomic E-state index is 12.4. The average molecular weight is 294 g/mol. The van der Waals surface area contributed by atoms with E-state index in [0.29, 0.717) is 6.42 Å². The predicted octanol–water partition coefficient (Wildman–Crippen LogP) is 0.374. The van der Waals surface area contributed by atoms with Gasteiger partial charge in [0.05, 0.1) is 24.1 Å². The van der Waals surface area contributed by atoms with Crippen LogP contribution in [0.3, 0.4) is 0 Å². The van der Waals surface area contributed by atoms with E-state index in [9.17, 15) is 14.8 Å². The molecule has 7 nitrogen and oxygen atoms in total. The summed E-state index contributed by atoms with van der Waals surface area (Å²) in [7, 11) is 1.67. The fraction of sp³-hybridized carbons (Fsp3) is 0.643. The Morgan fingerprint density at radius 3 is 2.62 bits per heavy atom. The maximum Gasteiger partial charge on any atom is 0.168 e. The second-order valence-corrected chi connectivity index (χ2v) is 5.11. The Bertz CT molecular complexity index is 426. The number of carbonyl (C=O) groups excluding carboxylic acids is 1. The molecule has 7 heteroatoms. The monoisotopic (exact) mass is 294 g/mol. The third-order valence-corrected chi connectivity index (χ3v) is 4.02. The van der Waals surface area contributed by atoms with Crippen molar-refractivity contribution in [3.63, 3.8) is 0 Å². The minimum absolute atomic E-state index is 0.203. The van der Waals surface area contributed by atoms with Crippen LogP contribution in [0.5, 0.6) is 0 Å². The lowest BCUT2D eigenvalue weighted by Gasteiger charge is -2.40. The fourth-order valence-corrected chi connectivity index (χ4v) is 2.90. The molecule has 0 spiro atoms. The van der Waals surface area contributed by atoms with E-state index in [0.717, 1.165) is 0 Å². The van der Waals surface area contributed by atoms with Crippen molar-refractivity contribution in [1.82, 2.24) is 5.32 Å². The van der Waals surface area contributed by atoms with E-state index in [4.69, 9.17) is 0 Å². The van der Waals surface area contributed by atoms with Gasteiger partial charge in [-0.15, -0.1) is 6.58 Å². The Kier molecular flexibility index (Phi) is 6.51. The van der Waals surface area contributed by atoms with Crippen LogP contribution in [-0.2, 0) is 4.79 Å². The minimum Gasteiger partial charge on any atom is -0.390 e. The molecule has 0 saturated heterocycles. The van der Waals surface area contributed by atoms with Crippen molar-refractivity contribution in [3.05, 3.63) is 17.6 Å². The molecule has 0 bridgehead atoms. The van der Waals surface area contributed by atoms with Crippen LogP contribution in [0.4, 0.5) is 0 Å². The predicted molar refractivity (Wildman–Crippen MR) is 83.0 cm³/mol. The number of nitrogens with one attached hydrogen (secondary N) is 1. The summed E-state index contributed by atoms with van der Waals surface area (Å²) in [6.45, 7) is 10.5. The quantitative estimate of drug-likeness (QED) is 0.383. The van der Waals surface area contributed by atoms with Crippen LogP contribution in [-0.4, -0.2) is 61.6 Å². The van der Waals surface area contributed by atoms with Gasteiger partial charge >= 0.3 is 0 Å². The van der Waals surface area contributed by atoms with Gasteiger partial charge < -0.3 is 10.4 Å². The van der Waals surface area contributed by atoms with Gasteiger partial charge in [-0.3, -0.25) is 14.8 Å². The van der Waals surface area contributed by atoms with Crippen LogP contribution in [0, 0.1) is 10.8 Å². The molecular weight excluding hydrogens is 272 g/mol. The van der Waals surface area contributed by atoms with Gasteiger partial charge in [-0.2, -0.15) is 4.91 Å². The van der Waals surface area contributed by atoms with Crippen LogP contribution in [0.1, 0.15) is 12.8 Å². The Morgan fingerprint density at radius 2 is 2.19 bits per heavy atom. The van der Waals surface area contributed by atoms with Crippen molar-refractivity contribution < 1.29 is 9.90 Å². The van der Waals surface area contributed by atoms with Gasteiger partial charge in [0, 0.05) is 12.5 Å². The van der Waals surface area contributed by atoms with E-state index in [-0.39, 0.29) is 12.5 Å². The molecule has 0 heterocycles. The Morgan fingerprint density at radius 1 is 1.52 bits per heavy atom. The zero-order valence-corrected chi connectivity index (χ0v) is 12.2. The van der Waals surface area contributed by atoms with Gasteiger partial charge in [-0.05, 0) is 26.9 Å². The highest BCUT2D eigenvalue weighted by molar-refractivity contribution is 5.89. The Balaban J connectivity index is 3.13. The molecule has 116 valence electrons. The second-order valence-electron chi connectivity index (χ2n) is 5.11. The number of hydrogen-bond acceptors (Lipinski definition) is 7. The van der Waals surface area contributed by atoms with E-state index in [1.165, 1.54) is 0 Å². The summed E-state index contributed by atoms with van der Waals surface area (Å²) in [5.41, 5.74) is 0. The molecule has 0 amide bonds. The van der Waals surface area contributed by atoms with E-state index >= 15 is 0 Å². The lowest BCUT2D eigenvalue weighted by Crippen LogP contribution is -2.59. The normalized spacial score (nSPS) is 32.0. The number of likely N-dealkylation sites (N-methyl/N-ethyl adjacent to an activating group) is 1. The van der Waals surface area contributed by atoms with Crippen molar-refractivity contribution in [2.24, 2.45) is 21.1 Å². The largest absolute Gasteiger partial charge is 0.390 e. The minimum atomic E-state index is -1.08. The van der Waals surface area contributed by atoms with Gasteiger partial charge in [0.25, 0.3) is 0 Å². The molecule has 1 rings (SSSR count). The molecule has 1 saturated carbocycles. The molecule has 0 radical (unpaired) electrons. The second kappa shape index (κ2) is 7.90. The van der Waals surface area contributed by atoms with Crippen LogP contribution < -0.4 is 5.32 Å². The number of aliphatic hydroxyl groups is 1. The first-order chi connectivity index (χ1) is 10.0. The molecule has 2 N–H and O–H groups in total. The lowest BCUT2D eigenvalue weighted by molar-refractivity contribution is -0.132. The zero-order chi connectivity index (χ0) is 16.0. The third-order valence-electron chi connectivity index (χ3n) is 4.02. The SMILES string of the molecule is C=CC[C@@H](N=C)[C@@H](O)C1C(=O)[C@H](N=O)CC(N=C)C1NC. The summed E-state index contributed by atoms with van der Waals surface area (Å²) >= 11 is 0. The van der Waals surface area contributed by atoms with Crippen LogP contribution >= 0.6 is 0 Å². The van der Waals surface area contributed by atoms with E-state index in [1.54, 1.807) is 13.1 Å². The molecule has 1 aliphatic carbocycles. The summed E-state index contributed by atoms with van der Waals surface area (Å²) in [6, 6.07) is -2.37. The van der Waals surface area contributed by atoms with E-state index < -0.39 is 35.9 Å². The Labute approximate surface area is 124 Å². The number of rotatable bonds is 8. The number of hydrogen-bond donors (Lipinski definition) is 2. The van der Waals surface area contributed by atoms with Gasteiger partial charge in [0.2, 0.25) is 0 Å². The van der Waals surface area contributed by atoms with Crippen molar-refractivity contribution in [3.8, 4) is 0 Å². The number of ketones is 1. The highest BCUT2D eigenvalue weighted by atomic mass is 16.3. The van der Waals surface area contributed by atoms with Crippen molar-refractivity contribution in [2.45, 2.75) is 43.1 Å². The number of nitroso groups, excluding NO2 is 1. The highest BCUT2D eigenvalue weighted by Gasteiger charge is 2.48. The lowest BCUT2D eigenvalue weighted by atomic mass is 9.73. The van der Waals surface area contributed by atoms with E-state index in [2.05, 4.69) is 40.5 Å². The zero-order valence-electron chi connectivity index (χ0n) is 12.2. The van der Waals surface area contributed by atoms with Crippen LogP contribution in [0.15, 0.2) is 27.8 Å². The number of nitrogens with zero attached hydrogens (tertiary/aromatic N) is 3. The molecule has 1 aliphatic rings. The molecule has 3 unspecified atom stereocenters. The Hall–Kier alpha value is -1.73. The summed E-state index contributed by atoms with van der Waals surface area (Å²) in [5.74, 6) is -1.23. The molecular formula is C14H22N4O3. The van der Waals surface area contributed by atoms with Crippen molar-refractivity contribution in [2.75, 3.05) is 7.05 Å². The summed E-state index contributed by atoms with van der Waals surface area (Å²) in [5, 5.41) is 16.4. The number of aliphatic imine (C=N–C) groups is 2. The van der Waals surface area contributed by atoms with Gasteiger partial charge in [-0.25, -0.2) is 0 Å².